The van der Waals surface area contributed by atoms with Crippen LogP contribution in [-0.2, 0) is 15.6 Å². The number of carbonyl (C=O) groups is 2. The van der Waals surface area contributed by atoms with Gasteiger partial charge in [0.05, 0.1) is 24.5 Å². The van der Waals surface area contributed by atoms with Gasteiger partial charge in [0.15, 0.2) is 17.3 Å². The van der Waals surface area contributed by atoms with Gasteiger partial charge in [0.25, 0.3) is 0 Å². The van der Waals surface area contributed by atoms with Crippen molar-refractivity contribution in [3.63, 3.8) is 0 Å². The molecule has 2 aliphatic carbocycles. The molecule has 0 bridgehead atoms. The minimum absolute atomic E-state index is 0.0769. The smallest absolute Gasteiger partial charge is 0.320 e. The molecular weight excluding hydrogens is 620 g/mol. The minimum Gasteiger partial charge on any atom is -0.484 e. The van der Waals surface area contributed by atoms with E-state index in [0.29, 0.717) is 43.8 Å². The largest absolute Gasteiger partial charge is 0.484 e. The van der Waals surface area contributed by atoms with Gasteiger partial charge in [0.1, 0.15) is 23.5 Å². The Morgan fingerprint density at radius 1 is 1.04 bits per heavy atom. The van der Waals surface area contributed by atoms with E-state index in [9.17, 15) is 9.59 Å². The number of hydrogen-bond acceptors (Lipinski definition) is 9. The summed E-state index contributed by atoms with van der Waals surface area (Å²) in [6.07, 6.45) is 6.43. The molecule has 2 N–H and O–H groups in total. The number of pyridine rings is 1. The van der Waals surface area contributed by atoms with Crippen LogP contribution in [0, 0.1) is 0 Å². The van der Waals surface area contributed by atoms with Crippen molar-refractivity contribution in [3.05, 3.63) is 77.1 Å². The third-order valence-corrected chi connectivity index (χ3v) is 9.54. The fraction of sp³-hybridized carbons (Fsp3) is 0.514. The van der Waals surface area contributed by atoms with Crippen molar-refractivity contribution < 1.29 is 19.1 Å². The van der Waals surface area contributed by atoms with E-state index in [1.54, 1.807) is 13.2 Å². The van der Waals surface area contributed by atoms with Crippen LogP contribution in [0.3, 0.4) is 0 Å². The highest BCUT2D eigenvalue weighted by atomic mass is 16.5. The van der Waals surface area contributed by atoms with Crippen molar-refractivity contribution in [2.45, 2.75) is 89.2 Å². The highest BCUT2D eigenvalue weighted by molar-refractivity contribution is 5.94. The SMILES string of the molecule is COCCN(C)CCCC(=O)c1nc(NC(=O)N[C@H]2CC[C@@H](Oc3ccc4nnc(C5(C)CC5)n4c3)c3ccccc32)cc(C(C)(C)C)n1. The van der Waals surface area contributed by atoms with Gasteiger partial charge in [-0.2, -0.15) is 0 Å². The zero-order chi connectivity index (χ0) is 34.8. The van der Waals surface area contributed by atoms with Crippen molar-refractivity contribution >= 4 is 23.3 Å². The zero-order valence-electron chi connectivity index (χ0n) is 29.5. The first kappa shape index (κ1) is 34.4. The third kappa shape index (κ3) is 8.08. The van der Waals surface area contributed by atoms with Crippen molar-refractivity contribution in [1.29, 1.82) is 0 Å². The van der Waals surface area contributed by atoms with Crippen LogP contribution in [0.15, 0.2) is 48.7 Å². The van der Waals surface area contributed by atoms with E-state index < -0.39 is 6.03 Å². The van der Waals surface area contributed by atoms with Crippen LogP contribution in [0.5, 0.6) is 5.75 Å². The number of fused-ring (bicyclic) bond motifs is 2. The van der Waals surface area contributed by atoms with E-state index in [1.165, 1.54) is 0 Å². The normalized spacial score (nSPS) is 18.3. The Labute approximate surface area is 288 Å². The second-order valence-corrected chi connectivity index (χ2v) is 14.7. The van der Waals surface area contributed by atoms with Crippen LogP contribution < -0.4 is 15.4 Å². The summed E-state index contributed by atoms with van der Waals surface area (Å²) in [5.41, 5.74) is 3.27. The maximum Gasteiger partial charge on any atom is 0.320 e. The van der Waals surface area contributed by atoms with Crippen molar-refractivity contribution in [1.82, 2.24) is 34.8 Å². The summed E-state index contributed by atoms with van der Waals surface area (Å²) in [6.45, 7) is 10.5. The van der Waals surface area contributed by atoms with Crippen molar-refractivity contribution in [2.75, 3.05) is 39.2 Å². The van der Waals surface area contributed by atoms with E-state index in [2.05, 4.69) is 48.7 Å². The molecule has 2 aliphatic rings. The van der Waals surface area contributed by atoms with Crippen LogP contribution >= 0.6 is 0 Å². The lowest BCUT2D eigenvalue weighted by Crippen LogP contribution is -2.36. The zero-order valence-corrected chi connectivity index (χ0v) is 29.5. The number of hydrogen-bond donors (Lipinski definition) is 2. The molecule has 1 fully saturated rings. The van der Waals surface area contributed by atoms with Gasteiger partial charge < -0.3 is 19.7 Å². The first-order chi connectivity index (χ1) is 23.4. The summed E-state index contributed by atoms with van der Waals surface area (Å²) in [6, 6.07) is 13.1. The lowest BCUT2D eigenvalue weighted by Gasteiger charge is -2.32. The van der Waals surface area contributed by atoms with E-state index in [1.807, 2.05) is 68.7 Å². The Balaban J connectivity index is 1.13. The summed E-state index contributed by atoms with van der Waals surface area (Å²) >= 11 is 0. The molecule has 1 aromatic carbocycles. The topological polar surface area (TPSA) is 136 Å². The second-order valence-electron chi connectivity index (χ2n) is 14.7. The number of urea groups is 1. The number of anilines is 1. The van der Waals surface area contributed by atoms with Gasteiger partial charge in [-0.05, 0) is 69.0 Å². The fourth-order valence-electron chi connectivity index (χ4n) is 6.26. The number of nitrogens with one attached hydrogen (secondary N) is 2. The standard InChI is InChI=1S/C37H48N8O4/c1-36(2,3)30-22-31(40-33(39-30)28(46)12-9-19-44(5)20-21-48-6)41-35(47)38-27-14-15-29(26-11-8-7-10-25(26)27)49-24-13-16-32-42-43-34(45(32)23-24)37(4)17-18-37/h7-8,10-11,13,16,22-23,27,29H,9,12,14-15,17-21H2,1-6H3,(H2,38,39,40,41,47)/t27-,29+/m0/s1. The van der Waals surface area contributed by atoms with Crippen LogP contribution in [0.4, 0.5) is 10.6 Å². The highest BCUT2D eigenvalue weighted by Crippen LogP contribution is 2.47. The minimum atomic E-state index is -0.393. The third-order valence-electron chi connectivity index (χ3n) is 9.54. The first-order valence-corrected chi connectivity index (χ1v) is 17.2. The number of methoxy groups -OCH3 is 1. The number of aromatic nitrogens is 5. The van der Waals surface area contributed by atoms with E-state index in [-0.39, 0.29) is 34.6 Å². The Morgan fingerprint density at radius 3 is 2.55 bits per heavy atom. The number of likely N-dealkylation sites (N-methyl/N-ethyl adjacent to an activating group) is 1. The van der Waals surface area contributed by atoms with Crippen molar-refractivity contribution in [2.24, 2.45) is 0 Å². The summed E-state index contributed by atoms with van der Waals surface area (Å²) in [5, 5.41) is 14.8. The van der Waals surface area contributed by atoms with Crippen LogP contribution in [-0.4, -0.2) is 75.1 Å². The molecule has 0 spiro atoms. The average molecular weight is 669 g/mol. The molecule has 12 nitrogen and oxygen atoms in total. The van der Waals surface area contributed by atoms with Crippen LogP contribution in [0.25, 0.3) is 5.65 Å². The molecule has 2 atom stereocenters. The molecule has 260 valence electrons. The van der Waals surface area contributed by atoms with Gasteiger partial charge in [-0.1, -0.05) is 52.0 Å². The monoisotopic (exact) mass is 668 g/mol. The summed E-state index contributed by atoms with van der Waals surface area (Å²) in [7, 11) is 3.68. The Bertz CT molecular complexity index is 1810. The summed E-state index contributed by atoms with van der Waals surface area (Å²) in [5.74, 6) is 2.00. The van der Waals surface area contributed by atoms with Gasteiger partial charge in [-0.15, -0.1) is 10.2 Å². The van der Waals surface area contributed by atoms with Crippen LogP contribution in [0.2, 0.25) is 0 Å². The maximum absolute atomic E-state index is 13.4. The summed E-state index contributed by atoms with van der Waals surface area (Å²) < 4.78 is 13.8. The molecule has 1 saturated carbocycles. The van der Waals surface area contributed by atoms with Gasteiger partial charge >= 0.3 is 6.03 Å². The lowest BCUT2D eigenvalue weighted by atomic mass is 9.85. The molecule has 3 aromatic heterocycles. The quantitative estimate of drug-likeness (QED) is 0.160. The Morgan fingerprint density at radius 2 is 1.82 bits per heavy atom. The summed E-state index contributed by atoms with van der Waals surface area (Å²) in [4.78, 5) is 37.8. The van der Waals surface area contributed by atoms with Gasteiger partial charge in [-0.25, -0.2) is 14.8 Å². The Kier molecular flexibility index (Phi) is 9.99. The molecule has 6 rings (SSSR count). The number of amides is 2. The van der Waals surface area contributed by atoms with E-state index in [4.69, 9.17) is 9.47 Å². The number of ether oxygens (including phenoxy) is 2. The molecule has 2 amide bonds. The molecule has 0 unspecified atom stereocenters. The molecule has 3 heterocycles. The van der Waals surface area contributed by atoms with Gasteiger partial charge in [0, 0.05) is 37.0 Å². The number of carbonyl (C=O) groups excluding carboxylic acids is 2. The maximum atomic E-state index is 13.4. The molecule has 0 saturated heterocycles. The number of rotatable bonds is 13. The number of Topliss-reactive ketones (excluding diaryl/α,β-unsaturated/α-hetero) is 1. The lowest BCUT2D eigenvalue weighted by molar-refractivity contribution is 0.0963. The molecule has 49 heavy (non-hydrogen) atoms. The van der Waals surface area contributed by atoms with Gasteiger partial charge in [0.2, 0.25) is 0 Å². The predicted molar refractivity (Wildman–Crippen MR) is 187 cm³/mol. The van der Waals surface area contributed by atoms with Gasteiger partial charge in [-0.3, -0.25) is 14.5 Å². The second kappa shape index (κ2) is 14.2. The van der Waals surface area contributed by atoms with E-state index in [0.717, 1.165) is 54.3 Å². The molecule has 0 aliphatic heterocycles. The number of nitrogens with zero attached hydrogens (tertiary/aromatic N) is 6. The van der Waals surface area contributed by atoms with E-state index >= 15 is 0 Å². The average Bonchev–Trinajstić information content (AvgIpc) is 3.67. The molecule has 12 heteroatoms. The molecular formula is C37H48N8O4. The number of benzene rings is 1. The van der Waals surface area contributed by atoms with Crippen molar-refractivity contribution in [3.8, 4) is 5.75 Å². The van der Waals surface area contributed by atoms with Crippen LogP contribution in [0.1, 0.15) is 112 Å². The predicted octanol–water partition coefficient (Wildman–Crippen LogP) is 6.19. The highest BCUT2D eigenvalue weighted by Gasteiger charge is 2.43. The Hall–Kier alpha value is -4.42. The molecule has 0 radical (unpaired) electrons. The fourth-order valence-corrected chi connectivity index (χ4v) is 6.26. The first-order valence-electron chi connectivity index (χ1n) is 17.2. The number of ketones is 1. The molecule has 4 aromatic rings.